The second kappa shape index (κ2) is 5.81. The molecular formula is C23H17N3. The molecule has 0 amide bonds. The highest BCUT2D eigenvalue weighted by molar-refractivity contribution is 5.86. The van der Waals surface area contributed by atoms with Gasteiger partial charge in [0.25, 0.3) is 0 Å². The number of rotatable bonds is 2. The fraction of sp³-hybridized carbons (Fsp3) is 0.0435. The predicted octanol–water partition coefficient (Wildman–Crippen LogP) is 5.52. The molecule has 2 heterocycles. The van der Waals surface area contributed by atoms with E-state index in [1.54, 1.807) is 0 Å². The molecule has 0 atom stereocenters. The summed E-state index contributed by atoms with van der Waals surface area (Å²) in [5.74, 6) is 0. The van der Waals surface area contributed by atoms with Crippen molar-refractivity contribution in [1.29, 1.82) is 0 Å². The molecule has 0 aliphatic carbocycles. The molecule has 0 bridgehead atoms. The first-order valence-corrected chi connectivity index (χ1v) is 8.69. The van der Waals surface area contributed by atoms with Gasteiger partial charge in [-0.25, -0.2) is 9.50 Å². The Balaban J connectivity index is 1.59. The summed E-state index contributed by atoms with van der Waals surface area (Å²) in [5, 5.41) is 7.11. The van der Waals surface area contributed by atoms with Crippen LogP contribution in [0.1, 0.15) is 5.56 Å². The number of aryl methyl sites for hydroxylation is 1. The quantitative estimate of drug-likeness (QED) is 0.425. The lowest BCUT2D eigenvalue weighted by molar-refractivity contribution is 0.945. The zero-order valence-electron chi connectivity index (χ0n) is 14.4. The molecule has 3 aromatic carbocycles. The zero-order valence-corrected chi connectivity index (χ0v) is 14.4. The van der Waals surface area contributed by atoms with Gasteiger partial charge in [0, 0.05) is 23.4 Å². The molecule has 3 nitrogen and oxygen atoms in total. The number of hydrogen-bond donors (Lipinski definition) is 0. The van der Waals surface area contributed by atoms with Crippen molar-refractivity contribution in [2.75, 3.05) is 0 Å². The van der Waals surface area contributed by atoms with Gasteiger partial charge >= 0.3 is 0 Å². The predicted molar refractivity (Wildman–Crippen MR) is 106 cm³/mol. The van der Waals surface area contributed by atoms with Crippen LogP contribution in [-0.2, 0) is 0 Å². The number of hydrogen-bond acceptors (Lipinski definition) is 2. The third-order valence-electron chi connectivity index (χ3n) is 4.72. The number of benzene rings is 3. The second-order valence-electron chi connectivity index (χ2n) is 6.57. The van der Waals surface area contributed by atoms with E-state index in [4.69, 9.17) is 4.98 Å². The summed E-state index contributed by atoms with van der Waals surface area (Å²) in [5.41, 5.74) is 6.21. The Kier molecular flexibility index (Phi) is 3.32. The van der Waals surface area contributed by atoms with Crippen molar-refractivity contribution in [3.05, 3.63) is 90.6 Å². The lowest BCUT2D eigenvalue weighted by atomic mass is 10.1. The third kappa shape index (κ3) is 2.54. The van der Waals surface area contributed by atoms with Crippen LogP contribution in [0.5, 0.6) is 0 Å². The first-order chi connectivity index (χ1) is 12.8. The highest BCUT2D eigenvalue weighted by atomic mass is 15.2. The van der Waals surface area contributed by atoms with Crippen LogP contribution in [-0.4, -0.2) is 14.6 Å². The Bertz CT molecular complexity index is 1230. The van der Waals surface area contributed by atoms with Crippen LogP contribution in [0, 0.1) is 6.92 Å². The van der Waals surface area contributed by atoms with E-state index in [9.17, 15) is 0 Å². The van der Waals surface area contributed by atoms with Gasteiger partial charge in [0.05, 0.1) is 11.4 Å². The first-order valence-electron chi connectivity index (χ1n) is 8.69. The van der Waals surface area contributed by atoms with Crippen LogP contribution in [0.3, 0.4) is 0 Å². The van der Waals surface area contributed by atoms with Crippen molar-refractivity contribution in [2.45, 2.75) is 6.92 Å². The van der Waals surface area contributed by atoms with Crippen LogP contribution < -0.4 is 0 Å². The molecule has 3 heteroatoms. The number of nitrogens with zero attached hydrogens (tertiary/aromatic N) is 3. The maximum absolute atomic E-state index is 4.82. The normalized spacial score (nSPS) is 11.3. The minimum absolute atomic E-state index is 0.853. The number of aromatic nitrogens is 3. The molecule has 0 radical (unpaired) electrons. The molecule has 0 aliphatic rings. The second-order valence-corrected chi connectivity index (χ2v) is 6.57. The molecule has 2 aromatic heterocycles. The Morgan fingerprint density at radius 1 is 0.692 bits per heavy atom. The molecule has 5 aromatic rings. The molecule has 0 saturated heterocycles. The summed E-state index contributed by atoms with van der Waals surface area (Å²) >= 11 is 0. The zero-order chi connectivity index (χ0) is 17.5. The molecule has 26 heavy (non-hydrogen) atoms. The Morgan fingerprint density at radius 2 is 1.46 bits per heavy atom. The van der Waals surface area contributed by atoms with Crippen molar-refractivity contribution < 1.29 is 0 Å². The maximum atomic E-state index is 4.82. The molecular weight excluding hydrogens is 318 g/mol. The highest BCUT2D eigenvalue weighted by Gasteiger charge is 2.08. The van der Waals surface area contributed by atoms with E-state index in [-0.39, 0.29) is 0 Å². The molecule has 0 saturated carbocycles. The average molecular weight is 335 g/mol. The van der Waals surface area contributed by atoms with Crippen LogP contribution in [0.2, 0.25) is 0 Å². The van der Waals surface area contributed by atoms with Gasteiger partial charge in [-0.3, -0.25) is 0 Å². The van der Waals surface area contributed by atoms with Gasteiger partial charge in [-0.05, 0) is 29.8 Å². The largest absolute Gasteiger partial charge is 0.229 e. The lowest BCUT2D eigenvalue weighted by Gasteiger charge is -2.04. The van der Waals surface area contributed by atoms with E-state index >= 15 is 0 Å². The minimum atomic E-state index is 0.853. The average Bonchev–Trinajstić information content (AvgIpc) is 3.11. The number of fused-ring (bicyclic) bond motifs is 2. The molecule has 0 N–H and O–H groups in total. The van der Waals surface area contributed by atoms with Gasteiger partial charge in [-0.2, -0.15) is 5.10 Å². The Morgan fingerprint density at radius 3 is 2.31 bits per heavy atom. The first kappa shape index (κ1) is 14.8. The fourth-order valence-electron chi connectivity index (χ4n) is 3.25. The van der Waals surface area contributed by atoms with E-state index in [2.05, 4.69) is 78.8 Å². The fourth-order valence-corrected chi connectivity index (χ4v) is 3.25. The van der Waals surface area contributed by atoms with E-state index in [0.29, 0.717) is 0 Å². The standard InChI is InChI=1S/C23H17N3/c1-16-6-8-18(9-7-16)22-15-23-24-21(12-13-26(23)25-22)20-11-10-17-4-2-3-5-19(17)14-20/h2-15H,1H3. The lowest BCUT2D eigenvalue weighted by Crippen LogP contribution is -1.91. The van der Waals surface area contributed by atoms with Crippen LogP contribution in [0.4, 0.5) is 0 Å². The van der Waals surface area contributed by atoms with Gasteiger partial charge in [-0.1, -0.05) is 66.2 Å². The van der Waals surface area contributed by atoms with Gasteiger partial charge in [0.1, 0.15) is 0 Å². The van der Waals surface area contributed by atoms with Crippen molar-refractivity contribution >= 4 is 16.4 Å². The van der Waals surface area contributed by atoms with Crippen LogP contribution in [0.15, 0.2) is 85.1 Å². The molecule has 0 aliphatic heterocycles. The SMILES string of the molecule is Cc1ccc(-c2cc3nc(-c4ccc5ccccc5c4)ccn3n2)cc1. The Labute approximate surface area is 151 Å². The third-order valence-corrected chi connectivity index (χ3v) is 4.72. The molecule has 5 rings (SSSR count). The van der Waals surface area contributed by atoms with Crippen molar-refractivity contribution in [1.82, 2.24) is 14.6 Å². The van der Waals surface area contributed by atoms with Gasteiger partial charge in [0.15, 0.2) is 5.65 Å². The molecule has 0 fully saturated rings. The van der Waals surface area contributed by atoms with E-state index in [0.717, 1.165) is 28.2 Å². The van der Waals surface area contributed by atoms with Crippen molar-refractivity contribution in [3.63, 3.8) is 0 Å². The van der Waals surface area contributed by atoms with Crippen LogP contribution >= 0.6 is 0 Å². The summed E-state index contributed by atoms with van der Waals surface area (Å²) in [6.45, 7) is 2.09. The van der Waals surface area contributed by atoms with Gasteiger partial charge in [0.2, 0.25) is 0 Å². The maximum Gasteiger partial charge on any atom is 0.156 e. The summed E-state index contributed by atoms with van der Waals surface area (Å²) in [6.07, 6.45) is 1.98. The van der Waals surface area contributed by atoms with Crippen molar-refractivity contribution in [3.8, 4) is 22.5 Å². The molecule has 0 unspecified atom stereocenters. The van der Waals surface area contributed by atoms with Gasteiger partial charge < -0.3 is 0 Å². The van der Waals surface area contributed by atoms with Crippen LogP contribution in [0.25, 0.3) is 38.9 Å². The topological polar surface area (TPSA) is 30.2 Å². The highest BCUT2D eigenvalue weighted by Crippen LogP contribution is 2.25. The summed E-state index contributed by atoms with van der Waals surface area (Å²) < 4.78 is 1.83. The minimum Gasteiger partial charge on any atom is -0.229 e. The Hall–Kier alpha value is -3.46. The van der Waals surface area contributed by atoms with Crippen molar-refractivity contribution in [2.24, 2.45) is 0 Å². The van der Waals surface area contributed by atoms with Gasteiger partial charge in [-0.15, -0.1) is 0 Å². The van der Waals surface area contributed by atoms with E-state index in [1.165, 1.54) is 16.3 Å². The van der Waals surface area contributed by atoms with E-state index < -0.39 is 0 Å². The monoisotopic (exact) mass is 335 g/mol. The summed E-state index contributed by atoms with van der Waals surface area (Å²) in [6, 6.07) is 27.3. The summed E-state index contributed by atoms with van der Waals surface area (Å²) in [4.78, 5) is 4.82. The molecule has 0 spiro atoms. The molecule has 124 valence electrons. The van der Waals surface area contributed by atoms with E-state index in [1.807, 2.05) is 22.8 Å². The summed E-state index contributed by atoms with van der Waals surface area (Å²) in [7, 11) is 0. The smallest absolute Gasteiger partial charge is 0.156 e.